The molecule has 0 spiro atoms. The smallest absolute Gasteiger partial charge is 0.0370 e. The highest BCUT2D eigenvalue weighted by Crippen LogP contribution is 2.70. The molecule has 4 saturated carbocycles. The van der Waals surface area contributed by atoms with E-state index >= 15 is 0 Å². The molecule has 4 rings (SSSR count). The fourth-order valence-corrected chi connectivity index (χ4v) is 6.65. The van der Waals surface area contributed by atoms with Gasteiger partial charge in [-0.3, -0.25) is 0 Å². The summed E-state index contributed by atoms with van der Waals surface area (Å²) in [6.45, 7) is 5.01. The van der Waals surface area contributed by atoms with E-state index in [9.17, 15) is 0 Å². The van der Waals surface area contributed by atoms with E-state index in [4.69, 9.17) is 11.6 Å². The van der Waals surface area contributed by atoms with Gasteiger partial charge in [0.25, 0.3) is 0 Å². The molecular formula is C14H21Cl. The van der Waals surface area contributed by atoms with Crippen LogP contribution in [0.5, 0.6) is 0 Å². The van der Waals surface area contributed by atoms with Gasteiger partial charge in [0.15, 0.2) is 0 Å². The highest BCUT2D eigenvalue weighted by atomic mass is 35.5. The van der Waals surface area contributed by atoms with Crippen molar-refractivity contribution in [2.45, 2.75) is 38.5 Å². The van der Waals surface area contributed by atoms with Crippen LogP contribution in [0.2, 0.25) is 0 Å². The molecule has 0 aromatic heterocycles. The first kappa shape index (κ1) is 9.33. The molecular weight excluding hydrogens is 204 g/mol. The minimum absolute atomic E-state index is 0.540. The predicted molar refractivity (Wildman–Crippen MR) is 62.8 cm³/mol. The molecule has 15 heavy (non-hydrogen) atoms. The van der Waals surface area contributed by atoms with E-state index < -0.39 is 0 Å². The highest BCUT2D eigenvalue weighted by molar-refractivity contribution is 6.21. The lowest BCUT2D eigenvalue weighted by atomic mass is 9.64. The molecule has 0 nitrogen and oxygen atoms in total. The zero-order valence-electron chi connectivity index (χ0n) is 9.70. The molecule has 0 aromatic rings. The number of halogens is 1. The first-order valence-corrected chi connectivity index (χ1v) is 7.26. The summed E-state index contributed by atoms with van der Waals surface area (Å²) in [6.07, 6.45) is 4.38. The Morgan fingerprint density at radius 3 is 2.20 bits per heavy atom. The topological polar surface area (TPSA) is 0 Å². The molecule has 9 atom stereocenters. The summed E-state index contributed by atoms with van der Waals surface area (Å²) >= 11 is 6.50. The van der Waals surface area contributed by atoms with Crippen LogP contribution in [0, 0.1) is 47.3 Å². The third-order valence-corrected chi connectivity index (χ3v) is 7.27. The van der Waals surface area contributed by atoms with Gasteiger partial charge in [-0.05, 0) is 66.6 Å². The van der Waals surface area contributed by atoms with Gasteiger partial charge in [-0.25, -0.2) is 0 Å². The molecule has 0 saturated heterocycles. The highest BCUT2D eigenvalue weighted by Gasteiger charge is 2.65. The summed E-state index contributed by atoms with van der Waals surface area (Å²) in [7, 11) is 0. The molecule has 4 bridgehead atoms. The minimum atomic E-state index is 0.540. The summed E-state index contributed by atoms with van der Waals surface area (Å²) < 4.78 is 0. The molecule has 4 aliphatic rings. The van der Waals surface area contributed by atoms with Crippen LogP contribution in [-0.2, 0) is 0 Å². The molecule has 0 N–H and O–H groups in total. The molecule has 9 unspecified atom stereocenters. The van der Waals surface area contributed by atoms with Gasteiger partial charge in [0, 0.05) is 5.38 Å². The van der Waals surface area contributed by atoms with Crippen LogP contribution in [0.1, 0.15) is 33.1 Å². The van der Waals surface area contributed by atoms with E-state index in [-0.39, 0.29) is 0 Å². The second kappa shape index (κ2) is 2.75. The van der Waals surface area contributed by atoms with Gasteiger partial charge < -0.3 is 0 Å². The van der Waals surface area contributed by atoms with Crippen molar-refractivity contribution in [1.82, 2.24) is 0 Å². The summed E-state index contributed by atoms with van der Waals surface area (Å²) in [4.78, 5) is 0. The van der Waals surface area contributed by atoms with E-state index in [1.54, 1.807) is 6.42 Å². The molecule has 1 heteroatoms. The second-order valence-electron chi connectivity index (χ2n) is 6.85. The lowest BCUT2D eigenvalue weighted by molar-refractivity contribution is 0.0732. The van der Waals surface area contributed by atoms with Crippen LogP contribution in [-0.4, -0.2) is 5.38 Å². The van der Waals surface area contributed by atoms with Gasteiger partial charge >= 0.3 is 0 Å². The van der Waals surface area contributed by atoms with Gasteiger partial charge in [0.2, 0.25) is 0 Å². The number of rotatable bonds is 0. The van der Waals surface area contributed by atoms with Crippen molar-refractivity contribution in [3.05, 3.63) is 0 Å². The average Bonchev–Trinajstić information content (AvgIpc) is 2.86. The Labute approximate surface area is 97.8 Å². The van der Waals surface area contributed by atoms with Crippen molar-refractivity contribution in [1.29, 1.82) is 0 Å². The standard InChI is InChI=1S/C14H21Cl/c1-6-7(2)10-5-9(6)13-8-3-11(14(10)13)12(15)4-8/h6-14H,3-5H2,1-2H3. The van der Waals surface area contributed by atoms with Crippen LogP contribution in [0.3, 0.4) is 0 Å². The average molecular weight is 225 g/mol. The first-order chi connectivity index (χ1) is 7.18. The zero-order valence-corrected chi connectivity index (χ0v) is 10.5. The quantitative estimate of drug-likeness (QED) is 0.434. The van der Waals surface area contributed by atoms with Crippen LogP contribution in [0.4, 0.5) is 0 Å². The molecule has 84 valence electrons. The van der Waals surface area contributed by atoms with Crippen molar-refractivity contribution in [3.8, 4) is 0 Å². The molecule has 4 fully saturated rings. The van der Waals surface area contributed by atoms with Crippen molar-refractivity contribution in [3.63, 3.8) is 0 Å². The van der Waals surface area contributed by atoms with E-state index in [0.717, 1.165) is 47.3 Å². The minimum Gasteiger partial charge on any atom is -0.123 e. The lowest BCUT2D eigenvalue weighted by Crippen LogP contribution is -2.39. The summed E-state index contributed by atoms with van der Waals surface area (Å²) in [5.74, 6) is 8.19. The number of alkyl halides is 1. The Morgan fingerprint density at radius 2 is 1.47 bits per heavy atom. The number of fused-ring (bicyclic) bond motifs is 9. The van der Waals surface area contributed by atoms with Gasteiger partial charge in [-0.2, -0.15) is 0 Å². The third kappa shape index (κ3) is 0.926. The maximum absolute atomic E-state index is 6.50. The van der Waals surface area contributed by atoms with Gasteiger partial charge in [0.1, 0.15) is 0 Å². The van der Waals surface area contributed by atoms with Crippen molar-refractivity contribution >= 4 is 11.6 Å². The molecule has 0 heterocycles. The zero-order chi connectivity index (χ0) is 10.3. The maximum Gasteiger partial charge on any atom is 0.0370 e. The lowest BCUT2D eigenvalue weighted by Gasteiger charge is -2.42. The number of hydrogen-bond donors (Lipinski definition) is 0. The monoisotopic (exact) mass is 224 g/mol. The normalized spacial score (nSPS) is 70.2. The predicted octanol–water partition coefficient (Wildman–Crippen LogP) is 3.79. The van der Waals surface area contributed by atoms with Crippen LogP contribution < -0.4 is 0 Å². The summed E-state index contributed by atoms with van der Waals surface area (Å²) in [6, 6.07) is 0. The van der Waals surface area contributed by atoms with E-state index in [1.807, 2.05) is 0 Å². The van der Waals surface area contributed by atoms with E-state index in [1.165, 1.54) is 12.8 Å². The van der Waals surface area contributed by atoms with Crippen LogP contribution >= 0.6 is 11.6 Å². The Kier molecular flexibility index (Phi) is 1.71. The maximum atomic E-state index is 6.50. The van der Waals surface area contributed by atoms with Gasteiger partial charge in [-0.1, -0.05) is 13.8 Å². The molecule has 0 radical (unpaired) electrons. The van der Waals surface area contributed by atoms with E-state index in [2.05, 4.69) is 13.8 Å². The fourth-order valence-electron chi connectivity index (χ4n) is 6.15. The largest absolute Gasteiger partial charge is 0.123 e. The van der Waals surface area contributed by atoms with Crippen LogP contribution in [0.15, 0.2) is 0 Å². The van der Waals surface area contributed by atoms with Gasteiger partial charge in [-0.15, -0.1) is 11.6 Å². The Balaban J connectivity index is 1.73. The Bertz CT molecular complexity index is 300. The Hall–Kier alpha value is 0.290. The first-order valence-electron chi connectivity index (χ1n) is 6.82. The summed E-state index contributed by atoms with van der Waals surface area (Å²) in [5.41, 5.74) is 0. The number of hydrogen-bond acceptors (Lipinski definition) is 0. The third-order valence-electron chi connectivity index (χ3n) is 6.76. The van der Waals surface area contributed by atoms with Crippen molar-refractivity contribution < 1.29 is 0 Å². The SMILES string of the molecule is CC1C(C)C2CC1C1C3CC(Cl)C(C3)C21. The summed E-state index contributed by atoms with van der Waals surface area (Å²) in [5, 5.41) is 0.540. The molecule has 0 amide bonds. The van der Waals surface area contributed by atoms with E-state index in [0.29, 0.717) is 5.38 Å². The Morgan fingerprint density at radius 1 is 0.800 bits per heavy atom. The fraction of sp³-hybridized carbons (Fsp3) is 1.00. The molecule has 4 aliphatic carbocycles. The van der Waals surface area contributed by atoms with Crippen molar-refractivity contribution in [2.24, 2.45) is 47.3 Å². The molecule has 0 aliphatic heterocycles. The van der Waals surface area contributed by atoms with Crippen molar-refractivity contribution in [2.75, 3.05) is 0 Å². The molecule has 0 aromatic carbocycles. The van der Waals surface area contributed by atoms with Crippen LogP contribution in [0.25, 0.3) is 0 Å². The van der Waals surface area contributed by atoms with Gasteiger partial charge in [0.05, 0.1) is 0 Å². The second-order valence-corrected chi connectivity index (χ2v) is 7.41.